The monoisotopic (exact) mass is 354 g/mol. The summed E-state index contributed by atoms with van der Waals surface area (Å²) in [5.41, 5.74) is 4.40. The first kappa shape index (κ1) is 16.1. The van der Waals surface area contributed by atoms with Crippen molar-refractivity contribution >= 4 is 28.7 Å². The molecule has 7 heteroatoms. The summed E-state index contributed by atoms with van der Waals surface area (Å²) < 4.78 is 2.31. The molecule has 6 nitrogen and oxygen atoms in total. The summed E-state index contributed by atoms with van der Waals surface area (Å²) >= 11 is 1.69. The van der Waals surface area contributed by atoms with Crippen LogP contribution in [0.15, 0.2) is 52.4 Å². The van der Waals surface area contributed by atoms with Gasteiger partial charge in [-0.2, -0.15) is 0 Å². The molecule has 0 spiro atoms. The maximum absolute atomic E-state index is 11.5. The van der Waals surface area contributed by atoms with E-state index in [0.717, 1.165) is 35.6 Å². The van der Waals surface area contributed by atoms with Crippen LogP contribution in [0.3, 0.4) is 0 Å². The first-order valence-corrected chi connectivity index (χ1v) is 8.86. The molecule has 1 amide bonds. The fraction of sp³-hybridized carbons (Fsp3) is 0.222. The van der Waals surface area contributed by atoms with E-state index in [0.29, 0.717) is 5.56 Å². The second-order valence-corrected chi connectivity index (χ2v) is 7.19. The first-order valence-electron chi connectivity index (χ1n) is 8.04. The Labute approximate surface area is 149 Å². The number of likely N-dealkylation sites (N-methyl/N-ethyl adjacent to an activating group) is 1. The number of aromatic nitrogens is 2. The van der Waals surface area contributed by atoms with Crippen LogP contribution in [0, 0.1) is 0 Å². The zero-order valence-electron chi connectivity index (χ0n) is 13.8. The Morgan fingerprint density at radius 2 is 2.04 bits per heavy atom. The molecule has 0 radical (unpaired) electrons. The summed E-state index contributed by atoms with van der Waals surface area (Å²) in [4.78, 5) is 20.6. The van der Waals surface area contributed by atoms with E-state index in [4.69, 9.17) is 5.21 Å². The number of hydrogen-bond acceptors (Lipinski definition) is 5. The van der Waals surface area contributed by atoms with E-state index in [9.17, 15) is 4.79 Å². The minimum atomic E-state index is -0.505. The molecule has 0 saturated heterocycles. The third-order valence-corrected chi connectivity index (χ3v) is 5.61. The molecule has 3 aromatic rings. The molecular formula is C18H18N4O2S. The van der Waals surface area contributed by atoms with Gasteiger partial charge in [-0.15, -0.1) is 0 Å². The highest BCUT2D eigenvalue weighted by atomic mass is 32.2. The van der Waals surface area contributed by atoms with Gasteiger partial charge in [0, 0.05) is 52.3 Å². The van der Waals surface area contributed by atoms with Gasteiger partial charge in [0.15, 0.2) is 0 Å². The number of hydrogen-bond donors (Lipinski definition) is 2. The van der Waals surface area contributed by atoms with Gasteiger partial charge in [0.05, 0.1) is 0 Å². The van der Waals surface area contributed by atoms with Crippen LogP contribution in [0.1, 0.15) is 16.1 Å². The van der Waals surface area contributed by atoms with Crippen LogP contribution in [0.5, 0.6) is 0 Å². The summed E-state index contributed by atoms with van der Waals surface area (Å²) in [6.45, 7) is 2.85. The number of pyridine rings is 1. The number of hydroxylamine groups is 1. The first-order chi connectivity index (χ1) is 12.2. The van der Waals surface area contributed by atoms with Gasteiger partial charge >= 0.3 is 0 Å². The van der Waals surface area contributed by atoms with E-state index in [1.807, 2.05) is 24.4 Å². The Hall–Kier alpha value is -2.35. The average molecular weight is 354 g/mol. The van der Waals surface area contributed by atoms with E-state index in [2.05, 4.69) is 27.6 Å². The highest BCUT2D eigenvalue weighted by Gasteiger charge is 2.23. The molecule has 0 unspecified atom stereocenters. The number of rotatable bonds is 3. The van der Waals surface area contributed by atoms with Crippen LogP contribution >= 0.6 is 11.8 Å². The lowest BCUT2D eigenvalue weighted by Gasteiger charge is -2.25. The number of benzene rings is 1. The molecule has 0 saturated carbocycles. The Bertz CT molecular complexity index is 936. The van der Waals surface area contributed by atoms with Gasteiger partial charge in [-0.1, -0.05) is 11.8 Å². The standard InChI is InChI=1S/C18H18N4O2S/c1-21-9-10-22-15(11-21)16(14-3-2-8-19-17(14)22)25-13-6-4-12(5-7-13)18(23)20-24/h2-8,24H,9-11H2,1H3,(H,20,23). The Morgan fingerprint density at radius 1 is 1.24 bits per heavy atom. The highest BCUT2D eigenvalue weighted by molar-refractivity contribution is 7.99. The number of carbonyl (C=O) groups is 1. The van der Waals surface area contributed by atoms with Crippen LogP contribution in [0.4, 0.5) is 0 Å². The van der Waals surface area contributed by atoms with E-state index >= 15 is 0 Å². The van der Waals surface area contributed by atoms with Crippen LogP contribution in [-0.2, 0) is 13.1 Å². The number of amides is 1. The average Bonchev–Trinajstić information content (AvgIpc) is 2.95. The lowest BCUT2D eigenvalue weighted by Crippen LogP contribution is -2.30. The zero-order chi connectivity index (χ0) is 17.4. The zero-order valence-corrected chi connectivity index (χ0v) is 14.6. The topological polar surface area (TPSA) is 70.4 Å². The largest absolute Gasteiger partial charge is 0.326 e. The lowest BCUT2D eigenvalue weighted by molar-refractivity contribution is 0.0706. The third kappa shape index (κ3) is 2.90. The second kappa shape index (κ2) is 6.51. The minimum absolute atomic E-state index is 0.428. The molecule has 1 aliphatic heterocycles. The van der Waals surface area contributed by atoms with Crippen molar-refractivity contribution in [1.29, 1.82) is 0 Å². The molecule has 1 aromatic carbocycles. The van der Waals surface area contributed by atoms with Crippen LogP contribution in [-0.4, -0.2) is 39.2 Å². The van der Waals surface area contributed by atoms with Gasteiger partial charge in [-0.3, -0.25) is 14.9 Å². The van der Waals surface area contributed by atoms with Gasteiger partial charge in [0.25, 0.3) is 5.91 Å². The SMILES string of the molecule is CN1CCn2c(c(Sc3ccc(C(=O)NO)cc3)c3cccnc32)C1. The number of nitrogens with zero attached hydrogens (tertiary/aromatic N) is 3. The smallest absolute Gasteiger partial charge is 0.274 e. The van der Waals surface area contributed by atoms with Crippen molar-refractivity contribution in [2.75, 3.05) is 13.6 Å². The van der Waals surface area contributed by atoms with Gasteiger partial charge in [0.2, 0.25) is 0 Å². The molecule has 2 N–H and O–H groups in total. The number of nitrogens with one attached hydrogen (secondary N) is 1. The van der Waals surface area contributed by atoms with Gasteiger partial charge in [-0.05, 0) is 43.4 Å². The normalized spacial score (nSPS) is 14.5. The van der Waals surface area contributed by atoms with Gasteiger partial charge in [-0.25, -0.2) is 10.5 Å². The maximum atomic E-state index is 11.5. The molecular weight excluding hydrogens is 336 g/mol. The van der Waals surface area contributed by atoms with Crippen LogP contribution in [0.2, 0.25) is 0 Å². The third-order valence-electron chi connectivity index (χ3n) is 4.44. The summed E-state index contributed by atoms with van der Waals surface area (Å²) in [6.07, 6.45) is 1.84. The lowest BCUT2D eigenvalue weighted by atomic mass is 10.2. The molecule has 0 aliphatic carbocycles. The van der Waals surface area contributed by atoms with Gasteiger partial charge < -0.3 is 4.57 Å². The van der Waals surface area contributed by atoms with E-state index in [1.165, 1.54) is 10.6 Å². The second-order valence-electron chi connectivity index (χ2n) is 6.11. The summed E-state index contributed by atoms with van der Waals surface area (Å²) in [5, 5.41) is 9.88. The van der Waals surface area contributed by atoms with Gasteiger partial charge in [0.1, 0.15) is 5.65 Å². The maximum Gasteiger partial charge on any atom is 0.274 e. The Kier molecular flexibility index (Phi) is 4.20. The highest BCUT2D eigenvalue weighted by Crippen LogP contribution is 2.39. The number of carbonyl (C=O) groups excluding carboxylic acids is 1. The van der Waals surface area contributed by atoms with Crippen LogP contribution in [0.25, 0.3) is 11.0 Å². The quantitative estimate of drug-likeness (QED) is 0.559. The molecule has 3 heterocycles. The summed E-state index contributed by atoms with van der Waals surface area (Å²) in [6, 6.07) is 11.3. The predicted octanol–water partition coefficient (Wildman–Crippen LogP) is 2.75. The predicted molar refractivity (Wildman–Crippen MR) is 95.9 cm³/mol. The van der Waals surface area contributed by atoms with E-state index in [-0.39, 0.29) is 0 Å². The summed E-state index contributed by atoms with van der Waals surface area (Å²) in [7, 11) is 2.13. The van der Waals surface area contributed by atoms with Crippen molar-refractivity contribution in [3.63, 3.8) is 0 Å². The van der Waals surface area contributed by atoms with Crippen molar-refractivity contribution in [3.05, 3.63) is 53.9 Å². The number of fused-ring (bicyclic) bond motifs is 3. The molecule has 0 bridgehead atoms. The van der Waals surface area contributed by atoms with Crippen molar-refractivity contribution < 1.29 is 10.0 Å². The molecule has 0 atom stereocenters. The molecule has 1 aliphatic rings. The molecule has 2 aromatic heterocycles. The van der Waals surface area contributed by atoms with Crippen LogP contribution < -0.4 is 5.48 Å². The van der Waals surface area contributed by atoms with Crippen molar-refractivity contribution in [2.24, 2.45) is 0 Å². The molecule has 25 heavy (non-hydrogen) atoms. The summed E-state index contributed by atoms with van der Waals surface area (Å²) in [5.74, 6) is -0.505. The van der Waals surface area contributed by atoms with Crippen molar-refractivity contribution in [2.45, 2.75) is 22.9 Å². The fourth-order valence-electron chi connectivity index (χ4n) is 3.17. The minimum Gasteiger partial charge on any atom is -0.326 e. The van der Waals surface area contributed by atoms with E-state index < -0.39 is 5.91 Å². The molecule has 0 fully saturated rings. The Morgan fingerprint density at radius 3 is 2.80 bits per heavy atom. The van der Waals surface area contributed by atoms with Crippen molar-refractivity contribution in [3.8, 4) is 0 Å². The van der Waals surface area contributed by atoms with E-state index in [1.54, 1.807) is 29.4 Å². The fourth-order valence-corrected chi connectivity index (χ4v) is 4.24. The Balaban J connectivity index is 1.74. The van der Waals surface area contributed by atoms with Crippen molar-refractivity contribution in [1.82, 2.24) is 19.9 Å². The molecule has 4 rings (SSSR count). The molecule has 128 valence electrons.